The molecule has 1 amide bonds. The molecule has 2 fully saturated rings. The molecule has 0 spiro atoms. The second kappa shape index (κ2) is 5.74. The van der Waals surface area contributed by atoms with Crippen molar-refractivity contribution in [3.05, 3.63) is 47.3 Å². The third-order valence-corrected chi connectivity index (χ3v) is 5.57. The lowest BCUT2D eigenvalue weighted by Gasteiger charge is -2.19. The Hall–Kier alpha value is -2.14. The van der Waals surface area contributed by atoms with Gasteiger partial charge < -0.3 is 10.6 Å². The average Bonchev–Trinajstić information content (AvgIpc) is 3.23. The van der Waals surface area contributed by atoms with Crippen molar-refractivity contribution in [1.82, 2.24) is 14.7 Å². The zero-order valence-corrected chi connectivity index (χ0v) is 14.3. The highest BCUT2D eigenvalue weighted by Gasteiger charge is 2.42. The maximum atomic E-state index is 12.8. The fourth-order valence-corrected chi connectivity index (χ4v) is 4.29. The van der Waals surface area contributed by atoms with E-state index in [1.54, 1.807) is 0 Å². The summed E-state index contributed by atoms with van der Waals surface area (Å²) in [6, 6.07) is 10.1. The Bertz CT molecular complexity index is 764. The molecular formula is C19H24N4O. The van der Waals surface area contributed by atoms with Crippen molar-refractivity contribution >= 4 is 5.91 Å². The number of aryl methyl sites for hydroxylation is 2. The van der Waals surface area contributed by atoms with Crippen LogP contribution in [0.4, 0.5) is 0 Å². The van der Waals surface area contributed by atoms with Crippen LogP contribution in [0.1, 0.15) is 34.6 Å². The molecule has 2 N–H and O–H groups in total. The van der Waals surface area contributed by atoms with Crippen LogP contribution < -0.4 is 5.73 Å². The van der Waals surface area contributed by atoms with E-state index in [1.165, 1.54) is 0 Å². The summed E-state index contributed by atoms with van der Waals surface area (Å²) in [6.07, 6.45) is 2.27. The number of hydrogen-bond acceptors (Lipinski definition) is 3. The maximum Gasteiger partial charge on any atom is 0.253 e. The maximum absolute atomic E-state index is 12.8. The van der Waals surface area contributed by atoms with Gasteiger partial charge in [-0.2, -0.15) is 5.10 Å². The second-order valence-electron chi connectivity index (χ2n) is 7.26. The van der Waals surface area contributed by atoms with Crippen molar-refractivity contribution < 1.29 is 4.79 Å². The lowest BCUT2D eigenvalue weighted by atomic mass is 9.98. The third-order valence-electron chi connectivity index (χ3n) is 5.57. The van der Waals surface area contributed by atoms with Crippen LogP contribution in [0.2, 0.25) is 0 Å². The van der Waals surface area contributed by atoms with Gasteiger partial charge in [0.05, 0.1) is 11.4 Å². The summed E-state index contributed by atoms with van der Waals surface area (Å²) in [5.41, 5.74) is 9.99. The zero-order chi connectivity index (χ0) is 16.8. The Kier molecular flexibility index (Phi) is 3.68. The van der Waals surface area contributed by atoms with E-state index in [9.17, 15) is 4.79 Å². The molecule has 5 heteroatoms. The standard InChI is InChI=1S/C19H24N4O/c1-12-9-13(2)23(21-12)16-6-3-14(4-7-16)19(24)22-10-15-5-8-18(20)17(15)11-22/h3-4,6-7,9,15,17-18H,5,8,10-11,20H2,1-2H3. The number of carbonyl (C=O) groups excluding carboxylic acids is 1. The van der Waals surface area contributed by atoms with E-state index >= 15 is 0 Å². The SMILES string of the molecule is Cc1cc(C)n(-c2ccc(C(=O)N3CC4CCC(N)C4C3)cc2)n1. The van der Waals surface area contributed by atoms with Gasteiger partial charge in [0.1, 0.15) is 0 Å². The van der Waals surface area contributed by atoms with Crippen molar-refractivity contribution in [2.45, 2.75) is 32.7 Å². The van der Waals surface area contributed by atoms with E-state index < -0.39 is 0 Å². The first-order valence-electron chi connectivity index (χ1n) is 8.71. The fourth-order valence-electron chi connectivity index (χ4n) is 4.29. The van der Waals surface area contributed by atoms with E-state index in [2.05, 4.69) is 5.10 Å². The molecular weight excluding hydrogens is 300 g/mol. The number of aromatic nitrogens is 2. The monoisotopic (exact) mass is 324 g/mol. The number of carbonyl (C=O) groups is 1. The molecule has 3 atom stereocenters. The Labute approximate surface area is 142 Å². The van der Waals surface area contributed by atoms with Crippen molar-refractivity contribution in [3.63, 3.8) is 0 Å². The van der Waals surface area contributed by atoms with Gasteiger partial charge in [0.2, 0.25) is 0 Å². The molecule has 1 saturated heterocycles. The van der Waals surface area contributed by atoms with Gasteiger partial charge in [-0.15, -0.1) is 0 Å². The first kappa shape index (κ1) is 15.4. The molecule has 1 aliphatic carbocycles. The van der Waals surface area contributed by atoms with Crippen LogP contribution in [0, 0.1) is 25.7 Å². The van der Waals surface area contributed by atoms with E-state index in [0.717, 1.165) is 48.6 Å². The lowest BCUT2D eigenvalue weighted by molar-refractivity contribution is 0.0779. The van der Waals surface area contributed by atoms with E-state index in [4.69, 9.17) is 5.73 Å². The highest BCUT2D eigenvalue weighted by Crippen LogP contribution is 2.37. The van der Waals surface area contributed by atoms with Gasteiger partial charge in [-0.05, 0) is 68.9 Å². The van der Waals surface area contributed by atoms with Gasteiger partial charge in [0, 0.05) is 30.4 Å². The van der Waals surface area contributed by atoms with Gasteiger partial charge in [0.25, 0.3) is 5.91 Å². The van der Waals surface area contributed by atoms with Gasteiger partial charge in [-0.3, -0.25) is 4.79 Å². The molecule has 0 bridgehead atoms. The number of likely N-dealkylation sites (tertiary alicyclic amines) is 1. The van der Waals surface area contributed by atoms with Crippen LogP contribution in [0.5, 0.6) is 0 Å². The smallest absolute Gasteiger partial charge is 0.253 e. The Morgan fingerprint density at radius 2 is 1.92 bits per heavy atom. The van der Waals surface area contributed by atoms with Crippen LogP contribution in [0.25, 0.3) is 5.69 Å². The molecule has 2 heterocycles. The van der Waals surface area contributed by atoms with Gasteiger partial charge in [0.15, 0.2) is 0 Å². The van der Waals surface area contributed by atoms with Crippen LogP contribution in [-0.4, -0.2) is 39.7 Å². The highest BCUT2D eigenvalue weighted by molar-refractivity contribution is 5.94. The summed E-state index contributed by atoms with van der Waals surface area (Å²) in [5.74, 6) is 1.21. The molecule has 1 aliphatic heterocycles. The van der Waals surface area contributed by atoms with Crippen molar-refractivity contribution in [1.29, 1.82) is 0 Å². The van der Waals surface area contributed by atoms with Crippen LogP contribution in [0.3, 0.4) is 0 Å². The minimum atomic E-state index is 0.122. The fraction of sp³-hybridized carbons (Fsp3) is 0.474. The predicted octanol–water partition coefficient (Wildman–Crippen LogP) is 2.30. The van der Waals surface area contributed by atoms with E-state index in [-0.39, 0.29) is 11.9 Å². The average molecular weight is 324 g/mol. The molecule has 3 unspecified atom stereocenters. The number of nitrogens with two attached hydrogens (primary N) is 1. The number of rotatable bonds is 2. The first-order chi connectivity index (χ1) is 11.5. The van der Waals surface area contributed by atoms with Crippen molar-refractivity contribution in [3.8, 4) is 5.69 Å². The second-order valence-corrected chi connectivity index (χ2v) is 7.26. The van der Waals surface area contributed by atoms with Crippen LogP contribution in [0.15, 0.2) is 30.3 Å². The Morgan fingerprint density at radius 1 is 1.17 bits per heavy atom. The largest absolute Gasteiger partial charge is 0.338 e. The summed E-state index contributed by atoms with van der Waals surface area (Å²) >= 11 is 0. The topological polar surface area (TPSA) is 64.2 Å². The molecule has 1 saturated carbocycles. The first-order valence-corrected chi connectivity index (χ1v) is 8.71. The normalized spacial score (nSPS) is 26.0. The molecule has 0 radical (unpaired) electrons. The van der Waals surface area contributed by atoms with Crippen molar-refractivity contribution in [2.75, 3.05) is 13.1 Å². The summed E-state index contributed by atoms with van der Waals surface area (Å²) in [5, 5.41) is 4.49. The number of amides is 1. The van der Waals surface area contributed by atoms with Crippen molar-refractivity contribution in [2.24, 2.45) is 17.6 Å². The van der Waals surface area contributed by atoms with Crippen LogP contribution >= 0.6 is 0 Å². The minimum absolute atomic E-state index is 0.122. The Balaban J connectivity index is 1.51. The number of hydrogen-bond donors (Lipinski definition) is 1. The Morgan fingerprint density at radius 3 is 2.54 bits per heavy atom. The minimum Gasteiger partial charge on any atom is -0.338 e. The molecule has 1 aromatic heterocycles. The van der Waals surface area contributed by atoms with E-state index in [0.29, 0.717) is 11.8 Å². The number of nitrogens with zero attached hydrogens (tertiary/aromatic N) is 3. The zero-order valence-electron chi connectivity index (χ0n) is 14.3. The number of fused-ring (bicyclic) bond motifs is 1. The third kappa shape index (κ3) is 2.53. The lowest BCUT2D eigenvalue weighted by Crippen LogP contribution is -2.33. The van der Waals surface area contributed by atoms with Gasteiger partial charge in [-0.25, -0.2) is 4.68 Å². The quantitative estimate of drug-likeness (QED) is 0.922. The molecule has 2 aromatic rings. The van der Waals surface area contributed by atoms with Crippen LogP contribution in [-0.2, 0) is 0 Å². The molecule has 1 aromatic carbocycles. The van der Waals surface area contributed by atoms with Gasteiger partial charge >= 0.3 is 0 Å². The number of benzene rings is 1. The van der Waals surface area contributed by atoms with E-state index in [1.807, 2.05) is 53.8 Å². The summed E-state index contributed by atoms with van der Waals surface area (Å²) < 4.78 is 1.91. The molecule has 126 valence electrons. The molecule has 5 nitrogen and oxygen atoms in total. The summed E-state index contributed by atoms with van der Waals surface area (Å²) in [7, 11) is 0. The predicted molar refractivity (Wildman–Crippen MR) is 93.1 cm³/mol. The molecule has 24 heavy (non-hydrogen) atoms. The molecule has 2 aliphatic rings. The van der Waals surface area contributed by atoms with Gasteiger partial charge in [-0.1, -0.05) is 0 Å². The molecule has 4 rings (SSSR count). The summed E-state index contributed by atoms with van der Waals surface area (Å²) in [6.45, 7) is 5.68. The highest BCUT2D eigenvalue weighted by atomic mass is 16.2. The summed E-state index contributed by atoms with van der Waals surface area (Å²) in [4.78, 5) is 14.7.